The number of nitrogens with two attached hydrogens (primary N) is 1. The smallest absolute Gasteiger partial charge is 0.315 e. The van der Waals surface area contributed by atoms with Gasteiger partial charge in [-0.05, 0) is 47.3 Å². The third-order valence-corrected chi connectivity index (χ3v) is 12.9. The van der Waals surface area contributed by atoms with E-state index in [-0.39, 0.29) is 35.6 Å². The number of carbonyl (C=O) groups is 5. The van der Waals surface area contributed by atoms with Crippen LogP contribution in [0.1, 0.15) is 80.6 Å². The van der Waals surface area contributed by atoms with Gasteiger partial charge >= 0.3 is 6.03 Å². The fourth-order valence-corrected chi connectivity index (χ4v) is 8.88. The quantitative estimate of drug-likeness (QED) is 0.219. The number of ketones is 1. The van der Waals surface area contributed by atoms with Gasteiger partial charge in [-0.1, -0.05) is 67.7 Å². The highest BCUT2D eigenvalue weighted by Crippen LogP contribution is 2.65. The molecule has 4 fully saturated rings. The first kappa shape index (κ1) is 37.0. The van der Waals surface area contributed by atoms with Gasteiger partial charge in [0.1, 0.15) is 12.1 Å². The lowest BCUT2D eigenvalue weighted by Crippen LogP contribution is -2.62. The number of likely N-dealkylation sites (tertiary alicyclic amines) is 1. The van der Waals surface area contributed by atoms with Crippen molar-refractivity contribution in [2.75, 3.05) is 33.2 Å². The molecule has 0 aromatic rings. The van der Waals surface area contributed by atoms with Crippen molar-refractivity contribution in [3.8, 4) is 0 Å². The lowest BCUT2D eigenvalue weighted by atomic mass is 9.80. The molecule has 2 aliphatic heterocycles. The van der Waals surface area contributed by atoms with Crippen LogP contribution in [0.15, 0.2) is 0 Å². The fraction of sp³-hybridized carbons (Fsp3) is 0.844. The summed E-state index contributed by atoms with van der Waals surface area (Å²) >= 11 is 0. The van der Waals surface area contributed by atoms with Gasteiger partial charge in [0.15, 0.2) is 0 Å². The Morgan fingerprint density at radius 2 is 1.62 bits per heavy atom. The molecule has 2 heterocycles. The van der Waals surface area contributed by atoms with Gasteiger partial charge in [0.2, 0.25) is 17.6 Å². The van der Waals surface area contributed by atoms with Crippen LogP contribution in [0.4, 0.5) is 4.79 Å². The Bertz CT molecular complexity index is 1360. The number of nitrogens with one attached hydrogen (secondary N) is 3. The first-order valence-corrected chi connectivity index (χ1v) is 18.3. The van der Waals surface area contributed by atoms with Crippen LogP contribution in [0, 0.1) is 34.5 Å². The molecule has 2 saturated heterocycles. The van der Waals surface area contributed by atoms with Crippen LogP contribution >= 0.6 is 0 Å². The molecular weight excluding hydrogens is 626 g/mol. The number of amides is 5. The Morgan fingerprint density at radius 3 is 2.15 bits per heavy atom. The molecule has 1 unspecified atom stereocenters. The van der Waals surface area contributed by atoms with Gasteiger partial charge in [0, 0.05) is 39.3 Å². The summed E-state index contributed by atoms with van der Waals surface area (Å²) in [4.78, 5) is 67.8. The number of Topliss-reactive ketones (excluding diaryl/α,β-unsaturated/α-hetero) is 1. The number of hydrogen-bond donors (Lipinski definition) is 4. The number of primary amides is 1. The number of urea groups is 1. The topological polar surface area (TPSA) is 191 Å². The molecule has 4 aliphatic rings. The maximum absolute atomic E-state index is 14.3. The summed E-state index contributed by atoms with van der Waals surface area (Å²) in [5.41, 5.74) is 4.37. The molecule has 0 radical (unpaired) electrons. The molecule has 6 atom stereocenters. The van der Waals surface area contributed by atoms with E-state index in [1.165, 1.54) is 20.6 Å². The van der Waals surface area contributed by atoms with Crippen LogP contribution < -0.4 is 21.7 Å². The Kier molecular flexibility index (Phi) is 10.7. The molecule has 266 valence electrons. The molecule has 14 nitrogen and oxygen atoms in total. The van der Waals surface area contributed by atoms with Crippen molar-refractivity contribution >= 4 is 39.7 Å². The van der Waals surface area contributed by atoms with E-state index < -0.39 is 69.3 Å². The average molecular weight is 682 g/mol. The Morgan fingerprint density at radius 1 is 0.979 bits per heavy atom. The molecule has 0 bridgehead atoms. The summed E-state index contributed by atoms with van der Waals surface area (Å²) < 4.78 is 28.4. The van der Waals surface area contributed by atoms with Crippen LogP contribution in [0.2, 0.25) is 0 Å². The van der Waals surface area contributed by atoms with Crippen molar-refractivity contribution in [1.82, 2.24) is 29.5 Å². The van der Waals surface area contributed by atoms with Crippen molar-refractivity contribution in [2.45, 2.75) is 105 Å². The predicted molar refractivity (Wildman–Crippen MR) is 176 cm³/mol. The van der Waals surface area contributed by atoms with Crippen molar-refractivity contribution in [2.24, 2.45) is 40.2 Å². The largest absolute Gasteiger partial charge is 0.363 e. The molecule has 5 amide bonds. The number of hydrogen-bond acceptors (Lipinski definition) is 7. The van der Waals surface area contributed by atoms with Crippen LogP contribution in [-0.4, -0.2) is 109 Å². The average Bonchev–Trinajstić information content (AvgIpc) is 3.25. The molecule has 2 saturated carbocycles. The van der Waals surface area contributed by atoms with E-state index in [9.17, 15) is 32.4 Å². The van der Waals surface area contributed by atoms with Gasteiger partial charge in [0.25, 0.3) is 16.1 Å². The highest BCUT2D eigenvalue weighted by atomic mass is 32.2. The second-order valence-corrected chi connectivity index (χ2v) is 18.1. The molecule has 47 heavy (non-hydrogen) atoms. The van der Waals surface area contributed by atoms with Crippen molar-refractivity contribution < 1.29 is 32.4 Å². The number of nitrogens with zero attached hydrogens (tertiary/aromatic N) is 3. The van der Waals surface area contributed by atoms with Gasteiger partial charge in [-0.15, -0.1) is 0 Å². The monoisotopic (exact) mass is 681 g/mol. The first-order valence-electron chi connectivity index (χ1n) is 16.9. The maximum atomic E-state index is 14.3. The van der Waals surface area contributed by atoms with Gasteiger partial charge < -0.3 is 26.6 Å². The van der Waals surface area contributed by atoms with Crippen molar-refractivity contribution in [3.05, 3.63) is 0 Å². The van der Waals surface area contributed by atoms with Crippen LogP contribution in [0.3, 0.4) is 0 Å². The molecule has 2 aliphatic carbocycles. The fourth-order valence-electron chi connectivity index (χ4n) is 7.42. The summed E-state index contributed by atoms with van der Waals surface area (Å²) in [5, 5.41) is 8.53. The minimum atomic E-state index is -3.64. The molecule has 0 aromatic heterocycles. The summed E-state index contributed by atoms with van der Waals surface area (Å²) in [6, 6.07) is -4.10. The van der Waals surface area contributed by atoms with E-state index >= 15 is 0 Å². The second kappa shape index (κ2) is 13.6. The lowest BCUT2D eigenvalue weighted by molar-refractivity contribution is -0.145. The number of carbonyl (C=O) groups excluding carboxylic acids is 5. The van der Waals surface area contributed by atoms with E-state index in [1.54, 1.807) is 0 Å². The van der Waals surface area contributed by atoms with E-state index in [4.69, 9.17) is 5.73 Å². The zero-order valence-electron chi connectivity index (χ0n) is 29.2. The van der Waals surface area contributed by atoms with Gasteiger partial charge in [-0.3, -0.25) is 19.2 Å². The third kappa shape index (κ3) is 7.77. The SMILES string of the molecule is CC(C)[C@@H](CN1CCCN(C)S1(=O)=O)NC(=O)N[C@H](C(=O)N1C[C@H]2[C@@H]([C@H]1C(=O)NC(CC1CCC1)C(=O)C(N)=O)C2(C)C)C(C)(C)C. The minimum absolute atomic E-state index is 0.0588. The molecule has 0 aromatic carbocycles. The number of fused-ring (bicyclic) bond motifs is 1. The Hall–Kier alpha value is -2.78. The molecule has 15 heteroatoms. The van der Waals surface area contributed by atoms with Gasteiger partial charge in [-0.25, -0.2) is 4.79 Å². The predicted octanol–water partition coefficient (Wildman–Crippen LogP) is 0.820. The van der Waals surface area contributed by atoms with Crippen LogP contribution in [0.25, 0.3) is 0 Å². The lowest BCUT2D eigenvalue weighted by Gasteiger charge is -2.39. The molecule has 4 rings (SSSR count). The summed E-state index contributed by atoms with van der Waals surface area (Å²) in [7, 11) is -2.10. The molecular formula is C32H55N7O7S. The molecule has 5 N–H and O–H groups in total. The first-order chi connectivity index (χ1) is 21.7. The summed E-state index contributed by atoms with van der Waals surface area (Å²) in [6.45, 7) is 14.5. The Labute approximate surface area is 279 Å². The van der Waals surface area contributed by atoms with Crippen LogP contribution in [-0.2, 0) is 29.4 Å². The van der Waals surface area contributed by atoms with Crippen LogP contribution in [0.5, 0.6) is 0 Å². The van der Waals surface area contributed by atoms with Gasteiger partial charge in [0.05, 0.1) is 6.04 Å². The number of rotatable bonds is 12. The minimum Gasteiger partial charge on any atom is -0.363 e. The van der Waals surface area contributed by atoms with Crippen molar-refractivity contribution in [1.29, 1.82) is 0 Å². The van der Waals surface area contributed by atoms with Crippen molar-refractivity contribution in [3.63, 3.8) is 0 Å². The Balaban J connectivity index is 1.51. The molecule has 0 spiro atoms. The van der Waals surface area contributed by atoms with Gasteiger partial charge in [-0.2, -0.15) is 17.0 Å². The van der Waals surface area contributed by atoms with E-state index in [1.807, 2.05) is 48.5 Å². The summed E-state index contributed by atoms with van der Waals surface area (Å²) in [5.74, 6) is -2.85. The third-order valence-electron chi connectivity index (χ3n) is 10.9. The zero-order valence-corrected chi connectivity index (χ0v) is 30.0. The number of piperidine rings is 1. The van der Waals surface area contributed by atoms with E-state index in [2.05, 4.69) is 16.0 Å². The maximum Gasteiger partial charge on any atom is 0.315 e. The second-order valence-electron chi connectivity index (χ2n) is 16.0. The highest BCUT2D eigenvalue weighted by Gasteiger charge is 2.70. The highest BCUT2D eigenvalue weighted by molar-refractivity contribution is 7.86. The normalized spacial score (nSPS) is 27.6. The van der Waals surface area contributed by atoms with E-state index in [0.29, 0.717) is 32.5 Å². The summed E-state index contributed by atoms with van der Waals surface area (Å²) in [6.07, 6.45) is 3.85. The zero-order chi connectivity index (χ0) is 35.2. The van der Waals surface area contributed by atoms with E-state index in [0.717, 1.165) is 19.3 Å². The standard InChI is InChI=1S/C32H55N7O7S/c1-18(2)22(17-38-14-10-13-37(8)47(38,45)46)35-30(44)36-26(31(3,4)5)29(43)39-16-20-23(32(20,6)7)24(39)28(42)34-21(25(40)27(33)41)15-19-11-9-12-19/h18-24,26H,9-17H2,1-8H3,(H2,33,41)(H,34,42)(H2,35,36,44)/t20-,21?,22+,23-,24-,26+/m0/s1.